The number of nitrogens with one attached hydrogen (secondary N) is 1. The molecule has 1 N–H and O–H groups in total. The van der Waals surface area contributed by atoms with Crippen molar-refractivity contribution >= 4 is 23.2 Å². The van der Waals surface area contributed by atoms with Crippen molar-refractivity contribution < 1.29 is 27.5 Å². The molecule has 2 aromatic rings. The number of nitrogens with zero attached hydrogens (tertiary/aromatic N) is 3. The third kappa shape index (κ3) is 6.61. The first-order valence-corrected chi connectivity index (χ1v) is 10.1. The molecule has 0 unspecified atom stereocenters. The molecule has 1 saturated heterocycles. The number of hydrogen-bond donors (Lipinski definition) is 1. The fraction of sp³-hybridized carbons (Fsp3) is 0.364. The number of rotatable bonds is 6. The quantitative estimate of drug-likeness (QED) is 0.733. The summed E-state index contributed by atoms with van der Waals surface area (Å²) < 4.78 is 40.4. The van der Waals surface area contributed by atoms with Gasteiger partial charge in [0, 0.05) is 57.2 Å². The van der Waals surface area contributed by atoms with Crippen LogP contribution in [0.4, 0.5) is 24.5 Å². The van der Waals surface area contributed by atoms with Crippen molar-refractivity contribution in [2.45, 2.75) is 6.36 Å². The SMILES string of the molecule is CN(C)c1ccc(C(=O)N2CCN(CC(=O)Nc3ccc(OC(F)(F)F)cc3)CC2)cc1. The largest absolute Gasteiger partial charge is 0.573 e. The summed E-state index contributed by atoms with van der Waals surface area (Å²) in [4.78, 5) is 30.6. The zero-order valence-corrected chi connectivity index (χ0v) is 17.9. The summed E-state index contributed by atoms with van der Waals surface area (Å²) in [5.74, 6) is -0.679. The van der Waals surface area contributed by atoms with Crippen molar-refractivity contribution in [3.8, 4) is 5.75 Å². The van der Waals surface area contributed by atoms with Gasteiger partial charge in [0.15, 0.2) is 0 Å². The van der Waals surface area contributed by atoms with E-state index in [1.807, 2.05) is 48.2 Å². The molecule has 1 fully saturated rings. The first-order chi connectivity index (χ1) is 15.1. The summed E-state index contributed by atoms with van der Waals surface area (Å²) in [7, 11) is 3.87. The monoisotopic (exact) mass is 450 g/mol. The predicted octanol–water partition coefficient (Wildman–Crippen LogP) is 3.05. The normalized spacial score (nSPS) is 14.7. The second kappa shape index (κ2) is 9.90. The topological polar surface area (TPSA) is 65.1 Å². The Balaban J connectivity index is 1.45. The molecular weight excluding hydrogens is 425 g/mol. The van der Waals surface area contributed by atoms with Gasteiger partial charge >= 0.3 is 6.36 Å². The molecule has 0 saturated carbocycles. The molecule has 1 aliphatic heterocycles. The summed E-state index contributed by atoms with van der Waals surface area (Å²) in [5.41, 5.74) is 2.01. The Morgan fingerprint density at radius 2 is 1.56 bits per heavy atom. The van der Waals surface area contributed by atoms with Gasteiger partial charge in [-0.3, -0.25) is 14.5 Å². The number of benzene rings is 2. The number of amides is 2. The van der Waals surface area contributed by atoms with Crippen molar-refractivity contribution in [1.82, 2.24) is 9.80 Å². The molecule has 0 aromatic heterocycles. The van der Waals surface area contributed by atoms with Gasteiger partial charge in [-0.2, -0.15) is 0 Å². The third-order valence-electron chi connectivity index (χ3n) is 5.03. The lowest BCUT2D eigenvalue weighted by Crippen LogP contribution is -2.50. The van der Waals surface area contributed by atoms with Gasteiger partial charge in [-0.25, -0.2) is 0 Å². The molecule has 1 heterocycles. The van der Waals surface area contributed by atoms with E-state index in [9.17, 15) is 22.8 Å². The number of carbonyl (C=O) groups is 2. The van der Waals surface area contributed by atoms with E-state index in [4.69, 9.17) is 0 Å². The molecule has 0 aliphatic carbocycles. The first-order valence-electron chi connectivity index (χ1n) is 10.1. The molecule has 10 heteroatoms. The molecule has 7 nitrogen and oxygen atoms in total. The van der Waals surface area contributed by atoms with Gasteiger partial charge in [-0.05, 0) is 48.5 Å². The second-order valence-corrected chi connectivity index (χ2v) is 7.63. The molecule has 3 rings (SSSR count). The van der Waals surface area contributed by atoms with Crippen LogP contribution in [-0.2, 0) is 4.79 Å². The van der Waals surface area contributed by atoms with Crippen LogP contribution in [0.3, 0.4) is 0 Å². The Kier molecular flexibility index (Phi) is 7.24. The summed E-state index contributed by atoms with van der Waals surface area (Å²) in [6, 6.07) is 12.4. The van der Waals surface area contributed by atoms with Crippen LogP contribution in [0.2, 0.25) is 0 Å². The van der Waals surface area contributed by atoms with Crippen LogP contribution in [-0.4, -0.2) is 74.8 Å². The van der Waals surface area contributed by atoms with Crippen molar-refractivity contribution in [2.75, 3.05) is 57.0 Å². The fourth-order valence-corrected chi connectivity index (χ4v) is 3.34. The average Bonchev–Trinajstić information content (AvgIpc) is 2.74. The summed E-state index contributed by atoms with van der Waals surface area (Å²) in [6.07, 6.45) is -4.76. The number of anilines is 2. The summed E-state index contributed by atoms with van der Waals surface area (Å²) in [6.45, 7) is 2.23. The van der Waals surface area contributed by atoms with E-state index in [1.54, 1.807) is 4.90 Å². The highest BCUT2D eigenvalue weighted by atomic mass is 19.4. The molecule has 0 atom stereocenters. The van der Waals surface area contributed by atoms with E-state index < -0.39 is 6.36 Å². The highest BCUT2D eigenvalue weighted by Crippen LogP contribution is 2.24. The van der Waals surface area contributed by atoms with Crippen LogP contribution in [0.1, 0.15) is 10.4 Å². The minimum Gasteiger partial charge on any atom is -0.406 e. The van der Waals surface area contributed by atoms with Gasteiger partial charge in [0.1, 0.15) is 5.75 Å². The highest BCUT2D eigenvalue weighted by Gasteiger charge is 2.31. The lowest BCUT2D eigenvalue weighted by atomic mass is 10.1. The number of piperazine rings is 1. The van der Waals surface area contributed by atoms with Gasteiger partial charge in [-0.15, -0.1) is 13.2 Å². The molecule has 1 aliphatic rings. The molecule has 0 bridgehead atoms. The minimum absolute atomic E-state index is 0.0411. The number of ether oxygens (including phenoxy) is 1. The van der Waals surface area contributed by atoms with Crippen LogP contribution in [0.15, 0.2) is 48.5 Å². The van der Waals surface area contributed by atoms with Crippen molar-refractivity contribution in [3.05, 3.63) is 54.1 Å². The van der Waals surface area contributed by atoms with Crippen LogP contribution in [0, 0.1) is 0 Å². The Morgan fingerprint density at radius 3 is 2.09 bits per heavy atom. The van der Waals surface area contributed by atoms with Crippen LogP contribution < -0.4 is 15.0 Å². The Hall–Kier alpha value is -3.27. The number of hydrogen-bond acceptors (Lipinski definition) is 5. The van der Waals surface area contributed by atoms with Crippen molar-refractivity contribution in [2.24, 2.45) is 0 Å². The van der Waals surface area contributed by atoms with Crippen molar-refractivity contribution in [1.29, 1.82) is 0 Å². The number of alkyl halides is 3. The molecule has 2 amide bonds. The van der Waals surface area contributed by atoms with Crippen LogP contribution in [0.25, 0.3) is 0 Å². The molecule has 0 spiro atoms. The van der Waals surface area contributed by atoms with E-state index in [1.165, 1.54) is 12.1 Å². The zero-order valence-electron chi connectivity index (χ0n) is 17.9. The maximum Gasteiger partial charge on any atom is 0.573 e. The average molecular weight is 450 g/mol. The highest BCUT2D eigenvalue weighted by molar-refractivity contribution is 5.95. The van der Waals surface area contributed by atoms with E-state index in [0.29, 0.717) is 37.4 Å². The van der Waals surface area contributed by atoms with Crippen LogP contribution >= 0.6 is 0 Å². The predicted molar refractivity (Wildman–Crippen MR) is 115 cm³/mol. The lowest BCUT2D eigenvalue weighted by Gasteiger charge is -2.34. The lowest BCUT2D eigenvalue weighted by molar-refractivity contribution is -0.274. The standard InChI is InChI=1S/C22H25F3N4O3/c1-27(2)18-7-3-16(4-8-18)21(31)29-13-11-28(12-14-29)15-20(30)26-17-5-9-19(10-6-17)32-22(23,24)25/h3-10H,11-15H2,1-2H3,(H,26,30). The maximum absolute atomic E-state index is 12.7. The Labute approximate surface area is 184 Å². The Bertz CT molecular complexity index is 923. The fourth-order valence-electron chi connectivity index (χ4n) is 3.34. The molecule has 2 aromatic carbocycles. The van der Waals surface area contributed by atoms with Crippen molar-refractivity contribution in [3.63, 3.8) is 0 Å². The Morgan fingerprint density at radius 1 is 0.969 bits per heavy atom. The molecule has 0 radical (unpaired) electrons. The molecule has 172 valence electrons. The minimum atomic E-state index is -4.76. The van der Waals surface area contributed by atoms with E-state index in [0.717, 1.165) is 17.8 Å². The summed E-state index contributed by atoms with van der Waals surface area (Å²) >= 11 is 0. The maximum atomic E-state index is 12.7. The number of carbonyl (C=O) groups excluding carboxylic acids is 2. The van der Waals surface area contributed by atoms with Gasteiger partial charge < -0.3 is 19.9 Å². The van der Waals surface area contributed by atoms with Gasteiger partial charge in [-0.1, -0.05) is 0 Å². The van der Waals surface area contributed by atoms with E-state index >= 15 is 0 Å². The van der Waals surface area contributed by atoms with E-state index in [-0.39, 0.29) is 24.1 Å². The molecule has 32 heavy (non-hydrogen) atoms. The number of halogens is 3. The van der Waals surface area contributed by atoms with Crippen LogP contribution in [0.5, 0.6) is 5.75 Å². The first kappa shape index (κ1) is 23.4. The van der Waals surface area contributed by atoms with E-state index in [2.05, 4.69) is 10.1 Å². The second-order valence-electron chi connectivity index (χ2n) is 7.63. The summed E-state index contributed by atoms with van der Waals surface area (Å²) in [5, 5.41) is 2.65. The van der Waals surface area contributed by atoms with Gasteiger partial charge in [0.25, 0.3) is 5.91 Å². The zero-order chi connectivity index (χ0) is 23.3. The molecular formula is C22H25F3N4O3. The van der Waals surface area contributed by atoms with Gasteiger partial charge in [0.05, 0.1) is 6.54 Å². The van der Waals surface area contributed by atoms with Gasteiger partial charge in [0.2, 0.25) is 5.91 Å². The smallest absolute Gasteiger partial charge is 0.406 e. The third-order valence-corrected chi connectivity index (χ3v) is 5.03.